The molecule has 1 aromatic carbocycles. The number of benzene rings is 1. The van der Waals surface area contributed by atoms with E-state index in [4.69, 9.17) is 0 Å². The number of fused-ring (bicyclic) bond motifs is 3. The third kappa shape index (κ3) is 2.01. The molecule has 0 spiro atoms. The summed E-state index contributed by atoms with van der Waals surface area (Å²) in [6, 6.07) is 6.24. The Bertz CT molecular complexity index is 568. The van der Waals surface area contributed by atoms with Crippen molar-refractivity contribution in [1.82, 2.24) is 4.90 Å². The van der Waals surface area contributed by atoms with Crippen LogP contribution in [0.3, 0.4) is 0 Å². The third-order valence-corrected chi connectivity index (χ3v) is 4.91. The van der Waals surface area contributed by atoms with Gasteiger partial charge in [-0.25, -0.2) is 0 Å². The summed E-state index contributed by atoms with van der Waals surface area (Å²) >= 11 is 3.53. The van der Waals surface area contributed by atoms with E-state index >= 15 is 0 Å². The number of likely N-dealkylation sites (N-methyl/N-ethyl adjacent to an activating group) is 1. The monoisotopic (exact) mass is 336 g/mol. The highest BCUT2D eigenvalue weighted by molar-refractivity contribution is 9.10. The van der Waals surface area contributed by atoms with Crippen LogP contribution in [0.25, 0.3) is 0 Å². The van der Waals surface area contributed by atoms with Gasteiger partial charge < -0.3 is 10.0 Å². The Kier molecular flexibility index (Phi) is 3.43. The summed E-state index contributed by atoms with van der Waals surface area (Å²) in [5.74, 6) is 0. The first kappa shape index (κ1) is 14.1. The third-order valence-electron chi connectivity index (χ3n) is 4.42. The van der Waals surface area contributed by atoms with Crippen LogP contribution in [-0.4, -0.2) is 36.3 Å². The van der Waals surface area contributed by atoms with Crippen LogP contribution in [0, 0.1) is 0 Å². The minimum Gasteiger partial charge on any atom is -0.381 e. The quantitative estimate of drug-likeness (QED) is 0.840. The second-order valence-electron chi connectivity index (χ2n) is 6.12. The van der Waals surface area contributed by atoms with Crippen molar-refractivity contribution in [3.63, 3.8) is 0 Å². The van der Waals surface area contributed by atoms with Gasteiger partial charge in [0.15, 0.2) is 0 Å². The molecule has 1 aromatic rings. The first-order valence-electron chi connectivity index (χ1n) is 7.06. The maximum Gasteiger partial charge on any atom is 0.127 e. The number of allylic oxidation sites excluding steroid dienone is 1. The van der Waals surface area contributed by atoms with Crippen LogP contribution < -0.4 is 4.90 Å². The second kappa shape index (κ2) is 4.86. The van der Waals surface area contributed by atoms with E-state index in [2.05, 4.69) is 70.9 Å². The molecule has 1 saturated heterocycles. The fourth-order valence-corrected chi connectivity index (χ4v) is 3.81. The molecular weight excluding hydrogens is 316 g/mol. The molecule has 108 valence electrons. The van der Waals surface area contributed by atoms with Crippen molar-refractivity contribution in [2.24, 2.45) is 0 Å². The van der Waals surface area contributed by atoms with Gasteiger partial charge in [-0.2, -0.15) is 0 Å². The van der Waals surface area contributed by atoms with Crippen molar-refractivity contribution >= 4 is 21.6 Å². The molecule has 1 N–H and O–H groups in total. The summed E-state index contributed by atoms with van der Waals surface area (Å²) in [6.45, 7) is 6.00. The molecule has 20 heavy (non-hydrogen) atoms. The number of hydrogen-bond donors (Lipinski definition) is 1. The van der Waals surface area contributed by atoms with Gasteiger partial charge >= 0.3 is 0 Å². The Balaban J connectivity index is 2.08. The molecule has 3 rings (SSSR count). The maximum absolute atomic E-state index is 11.2. The molecule has 2 heterocycles. The molecule has 2 aliphatic heterocycles. The lowest BCUT2D eigenvalue weighted by Gasteiger charge is -2.33. The van der Waals surface area contributed by atoms with Gasteiger partial charge in [0.05, 0.1) is 0 Å². The molecule has 0 amide bonds. The number of rotatable bonds is 2. The molecule has 0 bridgehead atoms. The summed E-state index contributed by atoms with van der Waals surface area (Å²) in [5, 5.41) is 11.2. The molecule has 4 heteroatoms. The Morgan fingerprint density at radius 2 is 2.25 bits per heavy atom. The number of anilines is 1. The van der Waals surface area contributed by atoms with E-state index in [1.165, 1.54) is 5.57 Å². The standard InChI is InChI=1S/C16H21BrN2O/c1-11(2)6-8-19-14-5-4-12(17)10-13(14)16(20)7-9-18(3)15(16)19/h4-6,10,15,20H,7-9H2,1-3H3. The number of halogens is 1. The van der Waals surface area contributed by atoms with Gasteiger partial charge in [0.25, 0.3) is 0 Å². The van der Waals surface area contributed by atoms with Gasteiger partial charge in [-0.3, -0.25) is 4.90 Å². The fourth-order valence-electron chi connectivity index (χ4n) is 3.45. The Hall–Kier alpha value is -0.840. The molecule has 0 aliphatic carbocycles. The Morgan fingerprint density at radius 1 is 1.50 bits per heavy atom. The summed E-state index contributed by atoms with van der Waals surface area (Å²) in [5.41, 5.74) is 2.77. The molecule has 2 aliphatic rings. The van der Waals surface area contributed by atoms with Crippen LogP contribution in [0.5, 0.6) is 0 Å². The fraction of sp³-hybridized carbons (Fsp3) is 0.500. The Morgan fingerprint density at radius 3 is 2.95 bits per heavy atom. The minimum absolute atomic E-state index is 0.0439. The van der Waals surface area contributed by atoms with E-state index < -0.39 is 5.60 Å². The van der Waals surface area contributed by atoms with E-state index in [0.29, 0.717) is 0 Å². The van der Waals surface area contributed by atoms with Crippen LogP contribution in [0.1, 0.15) is 25.8 Å². The van der Waals surface area contributed by atoms with Gasteiger partial charge in [0.2, 0.25) is 0 Å². The number of likely N-dealkylation sites (tertiary alicyclic amines) is 1. The van der Waals surface area contributed by atoms with Crippen molar-refractivity contribution in [2.75, 3.05) is 25.0 Å². The predicted molar refractivity (Wildman–Crippen MR) is 85.9 cm³/mol. The highest BCUT2D eigenvalue weighted by Gasteiger charge is 2.55. The number of nitrogens with zero attached hydrogens (tertiary/aromatic N) is 2. The minimum atomic E-state index is -0.747. The zero-order chi connectivity index (χ0) is 14.5. The highest BCUT2D eigenvalue weighted by Crippen LogP contribution is 2.50. The van der Waals surface area contributed by atoms with Gasteiger partial charge in [0, 0.05) is 28.8 Å². The van der Waals surface area contributed by atoms with Crippen LogP contribution in [-0.2, 0) is 5.60 Å². The molecule has 2 atom stereocenters. The van der Waals surface area contributed by atoms with E-state index in [9.17, 15) is 5.11 Å². The molecule has 3 nitrogen and oxygen atoms in total. The van der Waals surface area contributed by atoms with Crippen molar-refractivity contribution in [2.45, 2.75) is 32.0 Å². The largest absolute Gasteiger partial charge is 0.381 e. The summed E-state index contributed by atoms with van der Waals surface area (Å²) in [7, 11) is 2.10. The van der Waals surface area contributed by atoms with Crippen molar-refractivity contribution in [3.05, 3.63) is 39.9 Å². The smallest absolute Gasteiger partial charge is 0.127 e. The second-order valence-corrected chi connectivity index (χ2v) is 7.04. The van der Waals surface area contributed by atoms with E-state index in [1.54, 1.807) is 0 Å². The zero-order valence-electron chi connectivity index (χ0n) is 12.2. The normalized spacial score (nSPS) is 28.4. The van der Waals surface area contributed by atoms with E-state index in [0.717, 1.165) is 35.2 Å². The first-order valence-corrected chi connectivity index (χ1v) is 7.85. The van der Waals surface area contributed by atoms with Gasteiger partial charge in [-0.05, 0) is 45.5 Å². The lowest BCUT2D eigenvalue weighted by atomic mass is 9.93. The molecular formula is C16H21BrN2O. The van der Waals surface area contributed by atoms with E-state index in [1.807, 2.05) is 0 Å². The van der Waals surface area contributed by atoms with E-state index in [-0.39, 0.29) is 6.17 Å². The topological polar surface area (TPSA) is 26.7 Å². The molecule has 0 aromatic heterocycles. The summed E-state index contributed by atoms with van der Waals surface area (Å²) in [4.78, 5) is 4.58. The van der Waals surface area contributed by atoms with Crippen LogP contribution in [0.2, 0.25) is 0 Å². The lowest BCUT2D eigenvalue weighted by molar-refractivity contribution is 0.0153. The SMILES string of the molecule is CC(C)=CCN1c2ccc(Br)cc2C2(O)CCN(C)C12. The average Bonchev–Trinajstić information content (AvgIpc) is 2.81. The van der Waals surface area contributed by atoms with Crippen molar-refractivity contribution < 1.29 is 5.11 Å². The summed E-state index contributed by atoms with van der Waals surface area (Å²) < 4.78 is 1.03. The van der Waals surface area contributed by atoms with Gasteiger partial charge in [-0.1, -0.05) is 27.6 Å². The highest BCUT2D eigenvalue weighted by atomic mass is 79.9. The molecule has 1 fully saturated rings. The van der Waals surface area contributed by atoms with Crippen LogP contribution >= 0.6 is 15.9 Å². The lowest BCUT2D eigenvalue weighted by Crippen LogP contribution is -2.48. The molecule has 2 unspecified atom stereocenters. The average molecular weight is 337 g/mol. The maximum atomic E-state index is 11.2. The molecule has 0 saturated carbocycles. The summed E-state index contributed by atoms with van der Waals surface area (Å²) in [6.07, 6.45) is 3.06. The van der Waals surface area contributed by atoms with Gasteiger partial charge in [0.1, 0.15) is 11.8 Å². The first-order chi connectivity index (χ1) is 9.43. The predicted octanol–water partition coefficient (Wildman–Crippen LogP) is 3.08. The zero-order valence-corrected chi connectivity index (χ0v) is 13.8. The number of hydrogen-bond acceptors (Lipinski definition) is 3. The van der Waals surface area contributed by atoms with Crippen molar-refractivity contribution in [3.8, 4) is 0 Å². The number of aliphatic hydroxyl groups is 1. The van der Waals surface area contributed by atoms with Crippen LogP contribution in [0.4, 0.5) is 5.69 Å². The van der Waals surface area contributed by atoms with Crippen LogP contribution in [0.15, 0.2) is 34.3 Å². The van der Waals surface area contributed by atoms with Crippen molar-refractivity contribution in [1.29, 1.82) is 0 Å². The van der Waals surface area contributed by atoms with Gasteiger partial charge in [-0.15, -0.1) is 0 Å². The Labute approximate surface area is 129 Å². The molecule has 0 radical (unpaired) electrons.